The lowest BCUT2D eigenvalue weighted by Crippen LogP contribution is -2.34. The van der Waals surface area contributed by atoms with Crippen LogP contribution in [0.15, 0.2) is 18.2 Å². The predicted octanol–water partition coefficient (Wildman–Crippen LogP) is 4.76. The van der Waals surface area contributed by atoms with E-state index in [0.29, 0.717) is 18.3 Å². The summed E-state index contributed by atoms with van der Waals surface area (Å²) in [6.45, 7) is 8.85. The minimum Gasteiger partial charge on any atom is -0.496 e. The van der Waals surface area contributed by atoms with Gasteiger partial charge in [-0.05, 0) is 64.5 Å². The zero-order valence-electron chi connectivity index (χ0n) is 14.3. The molecule has 0 aliphatic heterocycles. The van der Waals surface area contributed by atoms with Crippen molar-refractivity contribution in [2.45, 2.75) is 52.9 Å². The molecule has 2 aliphatic carbocycles. The first-order valence-electron chi connectivity index (χ1n) is 8.29. The zero-order chi connectivity index (χ0) is 16.1. The Morgan fingerprint density at radius 2 is 2.00 bits per heavy atom. The molecule has 0 bridgehead atoms. The molecule has 118 valence electrons. The van der Waals surface area contributed by atoms with Crippen LogP contribution in [0.2, 0.25) is 0 Å². The molecule has 1 unspecified atom stereocenters. The van der Waals surface area contributed by atoms with Gasteiger partial charge in [-0.1, -0.05) is 33.8 Å². The Balaban J connectivity index is 2.16. The highest BCUT2D eigenvalue weighted by atomic mass is 16.5. The third-order valence-electron chi connectivity index (χ3n) is 5.36. The van der Waals surface area contributed by atoms with E-state index in [1.807, 2.05) is 6.08 Å². The van der Waals surface area contributed by atoms with Crippen LogP contribution in [0, 0.1) is 11.3 Å². The van der Waals surface area contributed by atoms with E-state index in [0.717, 1.165) is 18.6 Å². The second-order valence-corrected chi connectivity index (χ2v) is 7.73. The Morgan fingerprint density at radius 3 is 2.64 bits per heavy atom. The maximum absolute atomic E-state index is 12.2. The van der Waals surface area contributed by atoms with E-state index in [2.05, 4.69) is 39.8 Å². The van der Waals surface area contributed by atoms with Crippen molar-refractivity contribution >= 4 is 11.4 Å². The van der Waals surface area contributed by atoms with Crippen molar-refractivity contribution in [1.82, 2.24) is 0 Å². The van der Waals surface area contributed by atoms with Crippen molar-refractivity contribution in [1.29, 1.82) is 0 Å². The van der Waals surface area contributed by atoms with Crippen molar-refractivity contribution < 1.29 is 9.53 Å². The summed E-state index contributed by atoms with van der Waals surface area (Å²) >= 11 is 0. The number of allylic oxidation sites excluding steroid dienone is 2. The van der Waals surface area contributed by atoms with Crippen LogP contribution in [0.25, 0.3) is 5.57 Å². The smallest absolute Gasteiger partial charge is 0.156 e. The Bertz CT molecular complexity index is 650. The van der Waals surface area contributed by atoms with Gasteiger partial charge < -0.3 is 4.74 Å². The Hall–Kier alpha value is -1.57. The molecule has 0 radical (unpaired) electrons. The first kappa shape index (κ1) is 15.3. The van der Waals surface area contributed by atoms with E-state index in [4.69, 9.17) is 4.74 Å². The molecule has 0 amide bonds. The number of rotatable bonds is 2. The average Bonchev–Trinajstić information content (AvgIpc) is 2.44. The molecule has 2 nitrogen and oxygen atoms in total. The van der Waals surface area contributed by atoms with Crippen LogP contribution in [0.3, 0.4) is 0 Å². The van der Waals surface area contributed by atoms with Gasteiger partial charge in [-0.2, -0.15) is 0 Å². The molecule has 0 saturated carbocycles. The van der Waals surface area contributed by atoms with E-state index in [9.17, 15) is 4.79 Å². The number of carbonyl (C=O) groups is 1. The lowest BCUT2D eigenvalue weighted by molar-refractivity contribution is -0.117. The van der Waals surface area contributed by atoms with Crippen molar-refractivity contribution in [3.8, 4) is 5.75 Å². The first-order chi connectivity index (χ1) is 10.3. The number of methoxy groups -OCH3 is 1. The molecule has 2 heteroatoms. The van der Waals surface area contributed by atoms with Crippen LogP contribution in [-0.4, -0.2) is 12.9 Å². The Morgan fingerprint density at radius 1 is 1.27 bits per heavy atom. The minimum absolute atomic E-state index is 0.0583. The molecule has 1 aromatic carbocycles. The monoisotopic (exact) mass is 298 g/mol. The number of ether oxygens (including phenoxy) is 1. The predicted molar refractivity (Wildman–Crippen MR) is 90.3 cm³/mol. The van der Waals surface area contributed by atoms with Gasteiger partial charge >= 0.3 is 0 Å². The fraction of sp³-hybridized carbons (Fsp3) is 0.550. The van der Waals surface area contributed by atoms with Crippen LogP contribution in [0.5, 0.6) is 5.75 Å². The Labute approximate surface area is 133 Å². The van der Waals surface area contributed by atoms with Crippen molar-refractivity contribution in [2.24, 2.45) is 11.3 Å². The number of fused-ring (bicyclic) bond motifs is 3. The lowest BCUT2D eigenvalue weighted by Gasteiger charge is -2.42. The molecule has 0 heterocycles. The van der Waals surface area contributed by atoms with Crippen LogP contribution >= 0.6 is 0 Å². The fourth-order valence-corrected chi connectivity index (χ4v) is 4.18. The number of hydrogen-bond acceptors (Lipinski definition) is 2. The van der Waals surface area contributed by atoms with Gasteiger partial charge in [-0.3, -0.25) is 4.79 Å². The van der Waals surface area contributed by atoms with Crippen molar-refractivity contribution in [3.05, 3.63) is 34.9 Å². The first-order valence-corrected chi connectivity index (χ1v) is 8.29. The van der Waals surface area contributed by atoms with Gasteiger partial charge in [0.1, 0.15) is 5.75 Å². The van der Waals surface area contributed by atoms with Crippen LogP contribution < -0.4 is 4.74 Å². The number of aryl methyl sites for hydroxylation is 1. The molecule has 2 aliphatic rings. The minimum atomic E-state index is 0.0583. The Kier molecular flexibility index (Phi) is 3.66. The summed E-state index contributed by atoms with van der Waals surface area (Å²) in [6, 6.07) is 4.46. The number of benzene rings is 1. The molecular weight excluding hydrogens is 272 g/mol. The molecule has 3 rings (SSSR count). The largest absolute Gasteiger partial charge is 0.496 e. The van der Waals surface area contributed by atoms with Gasteiger partial charge in [0.25, 0.3) is 0 Å². The fourth-order valence-electron chi connectivity index (χ4n) is 4.18. The summed E-state index contributed by atoms with van der Waals surface area (Å²) in [5, 5.41) is 0. The van der Waals surface area contributed by atoms with Crippen LogP contribution in [0.4, 0.5) is 0 Å². The standard InChI is InChI=1S/C20H26O2/c1-12(2)15-8-13-6-7-18-17(16(13)10-19(15)22-5)9-14(21)11-20(18,3)4/h8-10,12,18H,6-7,11H2,1-5H3. The lowest BCUT2D eigenvalue weighted by atomic mass is 9.61. The third kappa shape index (κ3) is 2.39. The highest BCUT2D eigenvalue weighted by Gasteiger charge is 2.40. The van der Waals surface area contributed by atoms with Gasteiger partial charge in [0, 0.05) is 6.42 Å². The molecule has 0 saturated heterocycles. The highest BCUT2D eigenvalue weighted by molar-refractivity contribution is 6.00. The molecule has 1 atom stereocenters. The third-order valence-corrected chi connectivity index (χ3v) is 5.36. The summed E-state index contributed by atoms with van der Waals surface area (Å²) in [7, 11) is 1.73. The van der Waals surface area contributed by atoms with Gasteiger partial charge in [-0.25, -0.2) is 0 Å². The maximum Gasteiger partial charge on any atom is 0.156 e. The molecule has 0 aromatic heterocycles. The van der Waals surface area contributed by atoms with E-state index in [-0.39, 0.29) is 11.2 Å². The summed E-state index contributed by atoms with van der Waals surface area (Å²) in [5.74, 6) is 2.13. The summed E-state index contributed by atoms with van der Waals surface area (Å²) in [5.41, 5.74) is 5.16. The molecule has 22 heavy (non-hydrogen) atoms. The van der Waals surface area contributed by atoms with E-state index < -0.39 is 0 Å². The van der Waals surface area contributed by atoms with Gasteiger partial charge in [0.05, 0.1) is 7.11 Å². The second kappa shape index (κ2) is 5.26. The number of hydrogen-bond donors (Lipinski definition) is 0. The molecular formula is C20H26O2. The number of carbonyl (C=O) groups excluding carboxylic acids is 1. The normalized spacial score (nSPS) is 22.9. The van der Waals surface area contributed by atoms with Gasteiger partial charge in [0.15, 0.2) is 5.78 Å². The molecule has 1 aromatic rings. The van der Waals surface area contributed by atoms with Gasteiger partial charge in [-0.15, -0.1) is 0 Å². The van der Waals surface area contributed by atoms with Crippen LogP contribution in [0.1, 0.15) is 63.1 Å². The SMILES string of the molecule is COc1cc2c(cc1C(C)C)CCC1C2=CC(=O)CC1(C)C. The van der Waals surface area contributed by atoms with E-state index in [1.54, 1.807) is 7.11 Å². The zero-order valence-corrected chi connectivity index (χ0v) is 14.3. The molecule has 0 fully saturated rings. The quantitative estimate of drug-likeness (QED) is 0.786. The maximum atomic E-state index is 12.2. The summed E-state index contributed by atoms with van der Waals surface area (Å²) in [6.07, 6.45) is 4.79. The van der Waals surface area contributed by atoms with Crippen molar-refractivity contribution in [2.75, 3.05) is 7.11 Å². The molecule has 0 spiro atoms. The molecule has 0 N–H and O–H groups in total. The summed E-state index contributed by atoms with van der Waals surface area (Å²) in [4.78, 5) is 12.2. The van der Waals surface area contributed by atoms with Crippen LogP contribution in [-0.2, 0) is 11.2 Å². The highest BCUT2D eigenvalue weighted by Crippen LogP contribution is 2.50. The van der Waals surface area contributed by atoms with E-state index in [1.165, 1.54) is 22.3 Å². The number of ketones is 1. The second-order valence-electron chi connectivity index (χ2n) is 7.73. The topological polar surface area (TPSA) is 26.3 Å². The van der Waals surface area contributed by atoms with Crippen molar-refractivity contribution in [3.63, 3.8) is 0 Å². The average molecular weight is 298 g/mol. The van der Waals surface area contributed by atoms with E-state index >= 15 is 0 Å². The summed E-state index contributed by atoms with van der Waals surface area (Å²) < 4.78 is 5.62. The van der Waals surface area contributed by atoms with Gasteiger partial charge in [0.2, 0.25) is 0 Å².